The molecule has 0 aliphatic carbocycles. The fraction of sp³-hybridized carbons (Fsp3) is 0.200. The average molecular weight is 340 g/mol. The molecular weight excluding hydrogens is 331 g/mol. The van der Waals surface area contributed by atoms with Gasteiger partial charge in [0.15, 0.2) is 0 Å². The summed E-state index contributed by atoms with van der Waals surface area (Å²) in [5.74, 6) is -0.115. The number of hydrogen-bond acceptors (Lipinski definition) is 1. The summed E-state index contributed by atoms with van der Waals surface area (Å²) in [6, 6.07) is 9.77. The highest BCUT2D eigenvalue weighted by molar-refractivity contribution is 9.09. The Morgan fingerprint density at radius 3 is 2.29 bits per heavy atom. The molecule has 0 atom stereocenters. The van der Waals surface area contributed by atoms with Crippen LogP contribution < -0.4 is 0 Å². The molecule has 0 unspecified atom stereocenters. The highest BCUT2D eigenvalue weighted by Gasteiger charge is 2.05. The lowest BCUT2D eigenvalue weighted by molar-refractivity contribution is 0.642. The van der Waals surface area contributed by atoms with Crippen molar-refractivity contribution in [3.63, 3.8) is 0 Å². The molecule has 0 nitrogen and oxygen atoms in total. The van der Waals surface area contributed by atoms with Crippen molar-refractivity contribution in [3.8, 4) is 0 Å². The van der Waals surface area contributed by atoms with Crippen molar-refractivity contribution in [2.45, 2.75) is 4.90 Å². The first-order valence-electron chi connectivity index (χ1n) is 4.00. The fourth-order valence-corrected chi connectivity index (χ4v) is 2.85. The van der Waals surface area contributed by atoms with E-state index in [-0.39, 0.29) is 11.2 Å². The van der Waals surface area contributed by atoms with Crippen molar-refractivity contribution < 1.29 is 4.39 Å². The minimum absolute atomic E-state index is 0.115. The summed E-state index contributed by atoms with van der Waals surface area (Å²) in [6.07, 6.45) is 0. The summed E-state index contributed by atoms with van der Waals surface area (Å²) in [5, 5.41) is 0.817. The molecule has 0 aliphatic rings. The number of alkyl halides is 2. The normalized spacial score (nSPS) is 12.5. The lowest BCUT2D eigenvalue weighted by Gasteiger charge is -2.04. The van der Waals surface area contributed by atoms with Gasteiger partial charge < -0.3 is 0 Å². The Bertz CT molecular complexity index is 311. The van der Waals surface area contributed by atoms with Crippen LogP contribution in [0.5, 0.6) is 0 Å². The van der Waals surface area contributed by atoms with Gasteiger partial charge in [-0.25, -0.2) is 4.39 Å². The Labute approximate surface area is 104 Å². The predicted molar refractivity (Wildman–Crippen MR) is 68.0 cm³/mol. The number of halogens is 3. The molecule has 14 heavy (non-hydrogen) atoms. The van der Waals surface area contributed by atoms with E-state index >= 15 is 0 Å². The Morgan fingerprint density at radius 2 is 1.79 bits per heavy atom. The van der Waals surface area contributed by atoms with Crippen molar-refractivity contribution in [2.24, 2.45) is 0 Å². The molecule has 0 radical (unpaired) electrons. The van der Waals surface area contributed by atoms with Crippen LogP contribution in [-0.4, -0.2) is 10.7 Å². The zero-order valence-electron chi connectivity index (χ0n) is 7.34. The second-order valence-electron chi connectivity index (χ2n) is 2.51. The summed E-state index contributed by atoms with van der Waals surface area (Å²) in [4.78, 5) is 1.77. The molecule has 0 saturated heterocycles. The Balaban J connectivity index is 2.77. The molecule has 76 valence electrons. The van der Waals surface area contributed by atoms with Gasteiger partial charge >= 0.3 is 0 Å². The molecule has 0 heterocycles. The van der Waals surface area contributed by atoms with E-state index in [1.165, 1.54) is 11.8 Å². The number of benzene rings is 1. The van der Waals surface area contributed by atoms with Crippen molar-refractivity contribution >= 4 is 43.6 Å². The Hall–Kier alpha value is 0.200. The molecule has 1 aromatic carbocycles. The molecule has 0 fully saturated rings. The van der Waals surface area contributed by atoms with Crippen molar-refractivity contribution in [1.82, 2.24) is 0 Å². The van der Waals surface area contributed by atoms with Gasteiger partial charge in [-0.3, -0.25) is 0 Å². The van der Waals surface area contributed by atoms with Crippen molar-refractivity contribution in [3.05, 3.63) is 41.1 Å². The third kappa shape index (κ3) is 3.75. The molecule has 1 rings (SSSR count). The Morgan fingerprint density at radius 1 is 1.14 bits per heavy atom. The van der Waals surface area contributed by atoms with Gasteiger partial charge in [-0.1, -0.05) is 61.8 Å². The SMILES string of the molecule is F/C(CBr)=C(\CBr)Sc1ccccc1. The zero-order chi connectivity index (χ0) is 10.4. The average Bonchev–Trinajstić information content (AvgIpc) is 2.26. The van der Waals surface area contributed by atoms with Gasteiger partial charge in [0, 0.05) is 15.1 Å². The molecule has 0 N–H and O–H groups in total. The van der Waals surface area contributed by atoms with E-state index in [1.54, 1.807) is 0 Å². The molecule has 1 aromatic rings. The lowest BCUT2D eigenvalue weighted by atomic mass is 10.4. The third-order valence-electron chi connectivity index (χ3n) is 1.53. The van der Waals surface area contributed by atoms with E-state index in [1.807, 2.05) is 30.3 Å². The van der Waals surface area contributed by atoms with E-state index in [0.29, 0.717) is 10.2 Å². The quantitative estimate of drug-likeness (QED) is 0.563. The molecule has 0 spiro atoms. The highest BCUT2D eigenvalue weighted by atomic mass is 79.9. The fourth-order valence-electron chi connectivity index (χ4n) is 0.860. The van der Waals surface area contributed by atoms with Gasteiger partial charge in [0.2, 0.25) is 0 Å². The van der Waals surface area contributed by atoms with Gasteiger partial charge in [-0.2, -0.15) is 0 Å². The predicted octanol–water partition coefficient (Wildman–Crippen LogP) is 4.75. The van der Waals surface area contributed by atoms with Crippen molar-refractivity contribution in [2.75, 3.05) is 10.7 Å². The lowest BCUT2D eigenvalue weighted by Crippen LogP contribution is -1.86. The second kappa shape index (κ2) is 6.64. The Kier molecular flexibility index (Phi) is 5.82. The van der Waals surface area contributed by atoms with Gasteiger partial charge in [-0.05, 0) is 12.1 Å². The first-order chi connectivity index (χ1) is 6.77. The number of allylic oxidation sites excluding steroid dienone is 2. The van der Waals surface area contributed by atoms with Crippen LogP contribution in [0.25, 0.3) is 0 Å². The second-order valence-corrected chi connectivity index (χ2v) is 4.80. The van der Waals surface area contributed by atoms with Crippen LogP contribution >= 0.6 is 43.6 Å². The van der Waals surface area contributed by atoms with E-state index in [9.17, 15) is 4.39 Å². The topological polar surface area (TPSA) is 0 Å². The number of thioether (sulfide) groups is 1. The smallest absolute Gasteiger partial charge is 0.121 e. The monoisotopic (exact) mass is 338 g/mol. The van der Waals surface area contributed by atoms with Gasteiger partial charge in [0.1, 0.15) is 5.83 Å². The van der Waals surface area contributed by atoms with Crippen LogP contribution in [0.2, 0.25) is 0 Å². The minimum atomic E-state index is -0.115. The molecule has 0 saturated carbocycles. The largest absolute Gasteiger partial charge is 0.210 e. The number of hydrogen-bond donors (Lipinski definition) is 0. The molecule has 0 aliphatic heterocycles. The van der Waals surface area contributed by atoms with Crippen LogP contribution in [-0.2, 0) is 0 Å². The highest BCUT2D eigenvalue weighted by Crippen LogP contribution is 2.30. The standard InChI is InChI=1S/C10H9Br2FS/c11-6-9(13)10(7-12)14-8-4-2-1-3-5-8/h1-5H,6-7H2/b10-9+. The van der Waals surface area contributed by atoms with Crippen LogP contribution in [0.4, 0.5) is 4.39 Å². The summed E-state index contributed by atoms with van der Waals surface area (Å²) >= 11 is 7.83. The molecule has 0 aromatic heterocycles. The maximum absolute atomic E-state index is 13.3. The van der Waals surface area contributed by atoms with Crippen LogP contribution in [0.3, 0.4) is 0 Å². The van der Waals surface area contributed by atoms with Crippen LogP contribution in [0.1, 0.15) is 0 Å². The number of rotatable bonds is 4. The molecule has 4 heteroatoms. The first kappa shape index (κ1) is 12.3. The maximum atomic E-state index is 13.3. The summed E-state index contributed by atoms with van der Waals surface area (Å²) in [6.45, 7) is 0. The van der Waals surface area contributed by atoms with E-state index in [4.69, 9.17) is 0 Å². The summed E-state index contributed by atoms with van der Waals surface area (Å²) in [5.41, 5.74) is 0. The summed E-state index contributed by atoms with van der Waals surface area (Å²) < 4.78 is 13.3. The molecule has 0 bridgehead atoms. The third-order valence-corrected chi connectivity index (χ3v) is 4.07. The first-order valence-corrected chi connectivity index (χ1v) is 7.06. The van der Waals surface area contributed by atoms with Gasteiger partial charge in [0.05, 0.1) is 5.33 Å². The van der Waals surface area contributed by atoms with Gasteiger partial charge in [0.25, 0.3) is 0 Å². The minimum Gasteiger partial charge on any atom is -0.210 e. The molecular formula is C10H9Br2FS. The van der Waals surface area contributed by atoms with Crippen LogP contribution in [0.15, 0.2) is 46.0 Å². The summed E-state index contributed by atoms with van der Waals surface area (Å²) in [7, 11) is 0. The van der Waals surface area contributed by atoms with E-state index < -0.39 is 0 Å². The van der Waals surface area contributed by atoms with E-state index in [2.05, 4.69) is 31.9 Å². The van der Waals surface area contributed by atoms with Crippen LogP contribution in [0, 0.1) is 0 Å². The zero-order valence-corrected chi connectivity index (χ0v) is 11.3. The molecule has 0 amide bonds. The van der Waals surface area contributed by atoms with Crippen molar-refractivity contribution in [1.29, 1.82) is 0 Å². The van der Waals surface area contributed by atoms with E-state index in [0.717, 1.165) is 4.90 Å². The van der Waals surface area contributed by atoms with Gasteiger partial charge in [-0.15, -0.1) is 0 Å². The maximum Gasteiger partial charge on any atom is 0.121 e.